The van der Waals surface area contributed by atoms with Gasteiger partial charge in [-0.3, -0.25) is 0 Å². The number of nitrogens with two attached hydrogens (primary N) is 1. The molecule has 0 atom stereocenters. The zero-order valence-corrected chi connectivity index (χ0v) is 13.9. The molecule has 1 aromatic heterocycles. The smallest absolute Gasteiger partial charge is 0.148 e. The van der Waals surface area contributed by atoms with E-state index in [-0.39, 0.29) is 0 Å². The van der Waals surface area contributed by atoms with Crippen LogP contribution in [0.1, 0.15) is 23.9 Å². The van der Waals surface area contributed by atoms with Crippen molar-refractivity contribution in [2.24, 2.45) is 5.84 Å². The number of aromatic nitrogens is 2. The standard InChI is InChI=1S/C14H18IN5/c1-4-12-18-13(9(3)14(19-12)20-16)17-11-7-5-6-10(15)8(11)2/h5-7H,4,16H2,1-3H3,(H2,17,18,19,20). The number of nitrogens with zero attached hydrogens (tertiary/aromatic N) is 2. The Morgan fingerprint density at radius 1 is 1.15 bits per heavy atom. The molecule has 4 N–H and O–H groups in total. The Morgan fingerprint density at radius 2 is 1.85 bits per heavy atom. The molecule has 20 heavy (non-hydrogen) atoms. The first kappa shape index (κ1) is 15.0. The minimum atomic E-state index is 0.655. The fraction of sp³-hybridized carbons (Fsp3) is 0.286. The minimum Gasteiger partial charge on any atom is -0.340 e. The number of nitrogen functional groups attached to an aromatic ring is 1. The monoisotopic (exact) mass is 383 g/mol. The van der Waals surface area contributed by atoms with Crippen molar-refractivity contribution in [2.75, 3.05) is 10.7 Å². The van der Waals surface area contributed by atoms with E-state index in [0.29, 0.717) is 5.82 Å². The highest BCUT2D eigenvalue weighted by Crippen LogP contribution is 2.27. The number of aryl methyl sites for hydroxylation is 1. The lowest BCUT2D eigenvalue weighted by Crippen LogP contribution is -2.14. The van der Waals surface area contributed by atoms with Crippen LogP contribution in [0.2, 0.25) is 0 Å². The van der Waals surface area contributed by atoms with Crippen molar-refractivity contribution in [1.29, 1.82) is 0 Å². The number of benzene rings is 1. The van der Waals surface area contributed by atoms with Gasteiger partial charge in [0.25, 0.3) is 0 Å². The first-order chi connectivity index (χ1) is 9.56. The van der Waals surface area contributed by atoms with E-state index in [9.17, 15) is 0 Å². The van der Waals surface area contributed by atoms with Gasteiger partial charge >= 0.3 is 0 Å². The van der Waals surface area contributed by atoms with Crippen LogP contribution in [0.5, 0.6) is 0 Å². The van der Waals surface area contributed by atoms with Gasteiger partial charge in [-0.25, -0.2) is 15.8 Å². The summed E-state index contributed by atoms with van der Waals surface area (Å²) in [5, 5.41) is 3.38. The zero-order chi connectivity index (χ0) is 14.7. The van der Waals surface area contributed by atoms with Crippen LogP contribution in [0.4, 0.5) is 17.3 Å². The number of hydrazine groups is 1. The Bertz CT molecular complexity index is 627. The second kappa shape index (κ2) is 6.36. The van der Waals surface area contributed by atoms with Crippen LogP contribution in [-0.4, -0.2) is 9.97 Å². The topological polar surface area (TPSA) is 75.9 Å². The van der Waals surface area contributed by atoms with Crippen LogP contribution in [0.25, 0.3) is 0 Å². The first-order valence-electron chi connectivity index (χ1n) is 6.43. The Balaban J connectivity index is 2.45. The molecule has 0 aliphatic rings. The summed E-state index contributed by atoms with van der Waals surface area (Å²) in [6.45, 7) is 6.05. The fourth-order valence-electron chi connectivity index (χ4n) is 1.85. The van der Waals surface area contributed by atoms with Crippen molar-refractivity contribution in [3.63, 3.8) is 0 Å². The Kier molecular flexibility index (Phi) is 4.77. The number of hydrogen-bond acceptors (Lipinski definition) is 5. The van der Waals surface area contributed by atoms with E-state index in [2.05, 4.69) is 56.3 Å². The van der Waals surface area contributed by atoms with E-state index in [0.717, 1.165) is 29.3 Å². The van der Waals surface area contributed by atoms with Gasteiger partial charge in [-0.1, -0.05) is 13.0 Å². The summed E-state index contributed by atoms with van der Waals surface area (Å²) in [6.07, 6.45) is 0.759. The zero-order valence-electron chi connectivity index (χ0n) is 11.8. The molecule has 6 heteroatoms. The second-order valence-electron chi connectivity index (χ2n) is 4.50. The molecule has 1 aromatic carbocycles. The molecule has 0 aliphatic heterocycles. The molecule has 0 spiro atoms. The van der Waals surface area contributed by atoms with Crippen LogP contribution in [0.3, 0.4) is 0 Å². The summed E-state index contributed by atoms with van der Waals surface area (Å²) in [6, 6.07) is 6.15. The highest BCUT2D eigenvalue weighted by atomic mass is 127. The third kappa shape index (κ3) is 3.01. The highest BCUT2D eigenvalue weighted by molar-refractivity contribution is 14.1. The van der Waals surface area contributed by atoms with Crippen LogP contribution in [0, 0.1) is 17.4 Å². The van der Waals surface area contributed by atoms with Crippen molar-refractivity contribution >= 4 is 39.9 Å². The fourth-order valence-corrected chi connectivity index (χ4v) is 2.35. The van der Waals surface area contributed by atoms with E-state index in [1.807, 2.05) is 26.0 Å². The van der Waals surface area contributed by atoms with Crippen molar-refractivity contribution < 1.29 is 0 Å². The molecule has 0 amide bonds. The number of nitrogens with one attached hydrogen (secondary N) is 2. The van der Waals surface area contributed by atoms with Gasteiger partial charge in [0.15, 0.2) is 0 Å². The van der Waals surface area contributed by atoms with Gasteiger partial charge in [-0.2, -0.15) is 0 Å². The lowest BCUT2D eigenvalue weighted by molar-refractivity contribution is 0.932. The molecule has 1 heterocycles. The summed E-state index contributed by atoms with van der Waals surface area (Å²) >= 11 is 2.32. The van der Waals surface area contributed by atoms with E-state index in [1.54, 1.807) is 0 Å². The van der Waals surface area contributed by atoms with Crippen molar-refractivity contribution in [3.8, 4) is 0 Å². The largest absolute Gasteiger partial charge is 0.340 e. The SMILES string of the molecule is CCc1nc(NN)c(C)c(Nc2cccc(I)c2C)n1. The molecule has 5 nitrogen and oxygen atoms in total. The Labute approximate surface area is 132 Å². The molecule has 0 aliphatic carbocycles. The van der Waals surface area contributed by atoms with Crippen LogP contribution < -0.4 is 16.6 Å². The number of halogens is 1. The van der Waals surface area contributed by atoms with Crippen molar-refractivity contribution in [1.82, 2.24) is 9.97 Å². The molecule has 0 radical (unpaired) electrons. The summed E-state index contributed by atoms with van der Waals surface area (Å²) in [7, 11) is 0. The van der Waals surface area contributed by atoms with Gasteiger partial charge in [-0.05, 0) is 54.1 Å². The summed E-state index contributed by atoms with van der Waals surface area (Å²) in [5.74, 6) is 7.72. The second-order valence-corrected chi connectivity index (χ2v) is 5.66. The first-order valence-corrected chi connectivity index (χ1v) is 7.51. The summed E-state index contributed by atoms with van der Waals surface area (Å²) in [4.78, 5) is 8.91. The number of hydrogen-bond donors (Lipinski definition) is 3. The molecule has 0 saturated carbocycles. The Morgan fingerprint density at radius 3 is 2.50 bits per heavy atom. The van der Waals surface area contributed by atoms with Gasteiger partial charge < -0.3 is 10.7 Å². The van der Waals surface area contributed by atoms with E-state index < -0.39 is 0 Å². The van der Waals surface area contributed by atoms with Crippen LogP contribution in [0.15, 0.2) is 18.2 Å². The lowest BCUT2D eigenvalue weighted by Gasteiger charge is -2.15. The quantitative estimate of drug-likeness (QED) is 0.429. The van der Waals surface area contributed by atoms with Gasteiger partial charge in [0, 0.05) is 21.2 Å². The van der Waals surface area contributed by atoms with Crippen LogP contribution in [-0.2, 0) is 6.42 Å². The van der Waals surface area contributed by atoms with Gasteiger partial charge in [0.2, 0.25) is 0 Å². The van der Waals surface area contributed by atoms with Crippen molar-refractivity contribution in [3.05, 3.63) is 38.7 Å². The number of rotatable bonds is 4. The average molecular weight is 383 g/mol. The van der Waals surface area contributed by atoms with Gasteiger partial charge in [-0.15, -0.1) is 0 Å². The van der Waals surface area contributed by atoms with E-state index >= 15 is 0 Å². The number of anilines is 3. The lowest BCUT2D eigenvalue weighted by atomic mass is 10.2. The van der Waals surface area contributed by atoms with Crippen LogP contribution >= 0.6 is 22.6 Å². The third-order valence-corrected chi connectivity index (χ3v) is 4.33. The molecule has 106 valence electrons. The van der Waals surface area contributed by atoms with E-state index in [1.165, 1.54) is 9.13 Å². The van der Waals surface area contributed by atoms with Crippen molar-refractivity contribution in [2.45, 2.75) is 27.2 Å². The predicted molar refractivity (Wildman–Crippen MR) is 91.1 cm³/mol. The van der Waals surface area contributed by atoms with Gasteiger partial charge in [0.05, 0.1) is 0 Å². The van der Waals surface area contributed by atoms with E-state index in [4.69, 9.17) is 5.84 Å². The molecule has 0 saturated heterocycles. The predicted octanol–water partition coefficient (Wildman–Crippen LogP) is 3.29. The maximum Gasteiger partial charge on any atom is 0.148 e. The third-order valence-electron chi connectivity index (χ3n) is 3.17. The molecule has 0 bridgehead atoms. The highest BCUT2D eigenvalue weighted by Gasteiger charge is 2.11. The summed E-state index contributed by atoms with van der Waals surface area (Å²) in [5.41, 5.74) is 5.78. The average Bonchev–Trinajstić information content (AvgIpc) is 2.45. The normalized spacial score (nSPS) is 10.4. The molecule has 2 rings (SSSR count). The molecular formula is C14H18IN5. The molecular weight excluding hydrogens is 365 g/mol. The Hall–Kier alpha value is -1.41. The molecule has 0 unspecified atom stereocenters. The summed E-state index contributed by atoms with van der Waals surface area (Å²) < 4.78 is 1.21. The maximum atomic E-state index is 5.52. The minimum absolute atomic E-state index is 0.655. The maximum absolute atomic E-state index is 5.52. The molecule has 0 fully saturated rings. The van der Waals surface area contributed by atoms with Gasteiger partial charge in [0.1, 0.15) is 17.5 Å². The molecule has 2 aromatic rings.